The van der Waals surface area contributed by atoms with Crippen LogP contribution in [-0.4, -0.2) is 11.2 Å². The summed E-state index contributed by atoms with van der Waals surface area (Å²) in [7, 11) is 0. The van der Waals surface area contributed by atoms with E-state index < -0.39 is 11.4 Å². The van der Waals surface area contributed by atoms with Crippen LogP contribution >= 0.6 is 0 Å². The Hall–Kier alpha value is -2.04. The number of fused-ring (bicyclic) bond motifs is 1. The van der Waals surface area contributed by atoms with E-state index in [0.29, 0.717) is 29.8 Å². The second-order valence-corrected chi connectivity index (χ2v) is 3.48. The third-order valence-corrected chi connectivity index (χ3v) is 2.52. The fraction of sp³-hybridized carbons (Fsp3) is 0.333. The van der Waals surface area contributed by atoms with Crippen molar-refractivity contribution in [3.63, 3.8) is 0 Å². The van der Waals surface area contributed by atoms with Crippen LogP contribution in [0.4, 0.5) is 0 Å². The second kappa shape index (κ2) is 4.45. The Balaban J connectivity index is 2.92. The van der Waals surface area contributed by atoms with Gasteiger partial charge in [-0.3, -0.25) is 4.57 Å². The van der Waals surface area contributed by atoms with E-state index in [0.717, 1.165) is 0 Å². The van der Waals surface area contributed by atoms with E-state index in [9.17, 15) is 9.59 Å². The van der Waals surface area contributed by atoms with E-state index in [4.69, 9.17) is 4.74 Å². The maximum absolute atomic E-state index is 11.7. The Labute approximate surface area is 97.2 Å². The van der Waals surface area contributed by atoms with Crippen LogP contribution in [0, 0.1) is 0 Å². The molecule has 0 amide bonds. The lowest BCUT2D eigenvalue weighted by Gasteiger charge is -2.09. The number of hydrogen-bond acceptors (Lipinski definition) is 4. The highest BCUT2D eigenvalue weighted by molar-refractivity contribution is 5.84. The number of aryl methyl sites for hydroxylation is 1. The lowest BCUT2D eigenvalue weighted by molar-refractivity contribution is 0.341. The van der Waals surface area contributed by atoms with Gasteiger partial charge in [0.05, 0.1) is 12.1 Å². The highest BCUT2D eigenvalue weighted by atomic mass is 16.5. The van der Waals surface area contributed by atoms with E-state index >= 15 is 0 Å². The summed E-state index contributed by atoms with van der Waals surface area (Å²) in [6, 6.07) is 5.14. The summed E-state index contributed by atoms with van der Waals surface area (Å²) in [6.45, 7) is 4.53. The first kappa shape index (κ1) is 11.4. The van der Waals surface area contributed by atoms with Gasteiger partial charge in [0.25, 0.3) is 0 Å². The van der Waals surface area contributed by atoms with Gasteiger partial charge in [0.1, 0.15) is 11.1 Å². The quantitative estimate of drug-likeness (QED) is 0.806. The molecule has 0 unspecified atom stereocenters. The van der Waals surface area contributed by atoms with Crippen molar-refractivity contribution in [1.82, 2.24) is 4.57 Å². The molecule has 0 aliphatic rings. The average molecular weight is 235 g/mol. The van der Waals surface area contributed by atoms with Gasteiger partial charge in [0.2, 0.25) is 0 Å². The van der Waals surface area contributed by atoms with Gasteiger partial charge in [-0.1, -0.05) is 6.07 Å². The summed E-state index contributed by atoms with van der Waals surface area (Å²) in [5, 5.41) is 0.316. The van der Waals surface area contributed by atoms with Gasteiger partial charge in [0, 0.05) is 6.54 Å². The first-order chi connectivity index (χ1) is 8.19. The monoisotopic (exact) mass is 235 g/mol. The molecule has 5 nitrogen and oxygen atoms in total. The van der Waals surface area contributed by atoms with Gasteiger partial charge < -0.3 is 9.15 Å². The normalized spacial score (nSPS) is 10.7. The average Bonchev–Trinajstić information content (AvgIpc) is 2.29. The van der Waals surface area contributed by atoms with Gasteiger partial charge in [-0.2, -0.15) is 0 Å². The second-order valence-electron chi connectivity index (χ2n) is 3.48. The zero-order valence-corrected chi connectivity index (χ0v) is 9.73. The van der Waals surface area contributed by atoms with Crippen LogP contribution in [0.25, 0.3) is 10.9 Å². The summed E-state index contributed by atoms with van der Waals surface area (Å²) in [5.41, 5.74) is -0.113. The lowest BCUT2D eigenvalue weighted by atomic mass is 10.2. The number of nitrogens with zero attached hydrogens (tertiary/aromatic N) is 1. The first-order valence-corrected chi connectivity index (χ1v) is 5.48. The maximum Gasteiger partial charge on any atom is 0.422 e. The van der Waals surface area contributed by atoms with Crippen molar-refractivity contribution in [3.8, 4) is 5.75 Å². The Morgan fingerprint density at radius 1 is 1.29 bits per heavy atom. The van der Waals surface area contributed by atoms with Crippen molar-refractivity contribution in [3.05, 3.63) is 39.2 Å². The topological polar surface area (TPSA) is 61.4 Å². The number of aromatic nitrogens is 1. The number of ether oxygens (including phenoxy) is 1. The number of rotatable bonds is 3. The fourth-order valence-electron chi connectivity index (χ4n) is 1.81. The molecule has 5 heteroatoms. The van der Waals surface area contributed by atoms with Gasteiger partial charge >= 0.3 is 11.4 Å². The summed E-state index contributed by atoms with van der Waals surface area (Å²) in [6.07, 6.45) is 0. The summed E-state index contributed by atoms with van der Waals surface area (Å²) in [4.78, 5) is 23.2. The van der Waals surface area contributed by atoms with Crippen molar-refractivity contribution >= 4 is 10.9 Å². The molecule has 0 saturated heterocycles. The molecule has 0 fully saturated rings. The molecule has 0 aliphatic carbocycles. The zero-order chi connectivity index (χ0) is 12.4. The molecule has 1 heterocycles. The summed E-state index contributed by atoms with van der Waals surface area (Å²) >= 11 is 0. The molecule has 2 aromatic rings. The minimum atomic E-state index is -0.654. The van der Waals surface area contributed by atoms with E-state index in [2.05, 4.69) is 4.42 Å². The molecule has 0 atom stereocenters. The van der Waals surface area contributed by atoms with Crippen molar-refractivity contribution in [1.29, 1.82) is 0 Å². The molecule has 90 valence electrons. The molecule has 0 radical (unpaired) electrons. The van der Waals surface area contributed by atoms with Gasteiger partial charge in [0.15, 0.2) is 0 Å². The van der Waals surface area contributed by atoms with Crippen LogP contribution in [0.15, 0.2) is 32.2 Å². The Kier molecular flexibility index (Phi) is 2.99. The number of benzene rings is 1. The van der Waals surface area contributed by atoms with Crippen molar-refractivity contribution in [2.24, 2.45) is 0 Å². The van der Waals surface area contributed by atoms with Crippen LogP contribution in [-0.2, 0) is 6.54 Å². The first-order valence-electron chi connectivity index (χ1n) is 5.48. The molecule has 17 heavy (non-hydrogen) atoms. The van der Waals surface area contributed by atoms with Crippen LogP contribution in [0.5, 0.6) is 5.75 Å². The minimum Gasteiger partial charge on any atom is -0.493 e. The highest BCUT2D eigenvalue weighted by Crippen LogP contribution is 2.21. The highest BCUT2D eigenvalue weighted by Gasteiger charge is 2.12. The van der Waals surface area contributed by atoms with E-state index in [-0.39, 0.29) is 0 Å². The predicted molar refractivity (Wildman–Crippen MR) is 63.6 cm³/mol. The summed E-state index contributed by atoms with van der Waals surface area (Å²) in [5.74, 6) is -0.195. The van der Waals surface area contributed by atoms with Crippen molar-refractivity contribution < 1.29 is 9.15 Å². The molecular weight excluding hydrogens is 222 g/mol. The van der Waals surface area contributed by atoms with Crippen molar-refractivity contribution in [2.75, 3.05) is 6.61 Å². The number of hydrogen-bond donors (Lipinski definition) is 0. The molecular formula is C12H13NO4. The Bertz CT molecular complexity index is 654. The smallest absolute Gasteiger partial charge is 0.422 e. The maximum atomic E-state index is 11.7. The van der Waals surface area contributed by atoms with E-state index in [1.54, 1.807) is 18.2 Å². The van der Waals surface area contributed by atoms with Crippen LogP contribution in [0.1, 0.15) is 13.8 Å². The summed E-state index contributed by atoms with van der Waals surface area (Å²) < 4.78 is 11.4. The minimum absolute atomic E-state index is 0.316. The molecule has 0 aliphatic heterocycles. The molecule has 1 aromatic carbocycles. The molecule has 0 saturated carbocycles. The molecule has 0 N–H and O–H groups in total. The van der Waals surface area contributed by atoms with Gasteiger partial charge in [-0.05, 0) is 26.0 Å². The zero-order valence-electron chi connectivity index (χ0n) is 9.73. The third kappa shape index (κ3) is 1.84. The standard InChI is InChI=1S/C12H13NO4/c1-3-13-8-6-5-7-9(16-4-2)10(8)11(14)17-12(13)15/h5-7H,3-4H2,1-2H3. The molecule has 0 spiro atoms. The van der Waals surface area contributed by atoms with Crippen LogP contribution in [0.2, 0.25) is 0 Å². The largest absolute Gasteiger partial charge is 0.493 e. The molecule has 2 rings (SSSR count). The van der Waals surface area contributed by atoms with E-state index in [1.807, 2.05) is 13.8 Å². The lowest BCUT2D eigenvalue weighted by Crippen LogP contribution is -2.24. The third-order valence-electron chi connectivity index (χ3n) is 2.52. The van der Waals surface area contributed by atoms with E-state index in [1.165, 1.54) is 4.57 Å². The van der Waals surface area contributed by atoms with Gasteiger partial charge in [-0.25, -0.2) is 9.59 Å². The Morgan fingerprint density at radius 3 is 2.71 bits per heavy atom. The van der Waals surface area contributed by atoms with Gasteiger partial charge in [-0.15, -0.1) is 0 Å². The molecule has 0 bridgehead atoms. The predicted octanol–water partition coefficient (Wildman–Crippen LogP) is 1.37. The van der Waals surface area contributed by atoms with Crippen molar-refractivity contribution in [2.45, 2.75) is 20.4 Å². The molecule has 1 aromatic heterocycles. The SMILES string of the molecule is CCOc1cccc2c1c(=O)oc(=O)n2CC. The fourth-order valence-corrected chi connectivity index (χ4v) is 1.81. The van der Waals surface area contributed by atoms with Crippen LogP contribution < -0.4 is 16.1 Å². The van der Waals surface area contributed by atoms with Crippen LogP contribution in [0.3, 0.4) is 0 Å². The Morgan fingerprint density at radius 2 is 2.06 bits per heavy atom.